The zero-order valence-electron chi connectivity index (χ0n) is 51.1. The second-order valence-corrected chi connectivity index (χ2v) is 36.1. The van der Waals surface area contributed by atoms with Crippen LogP contribution in [0, 0.1) is 13.8 Å². The van der Waals surface area contributed by atoms with Gasteiger partial charge in [0, 0.05) is 54.8 Å². The van der Waals surface area contributed by atoms with Crippen molar-refractivity contribution in [1.29, 1.82) is 0 Å². The third-order valence-corrected chi connectivity index (χ3v) is 24.9. The fraction of sp³-hybridized carbons (Fsp3) is 0.614. The van der Waals surface area contributed by atoms with Crippen molar-refractivity contribution in [2.45, 2.75) is 127 Å². The van der Waals surface area contributed by atoms with E-state index >= 15 is 0 Å². The molecule has 2 aromatic rings. The number of aliphatic hydroxyl groups excluding tert-OH is 1. The molecule has 0 saturated carbocycles. The summed E-state index contributed by atoms with van der Waals surface area (Å²) < 4.78 is 243. The number of aliphatic hydroxyl groups is 1. The number of aromatic nitrogens is 2. The Morgan fingerprint density at radius 3 is 1.78 bits per heavy atom. The molecular formula is C44H73N5O38P6S4. The number of rotatable bonds is 45. The van der Waals surface area contributed by atoms with E-state index in [0.717, 1.165) is 16.8 Å². The molecule has 0 radical (unpaired) electrons. The van der Waals surface area contributed by atoms with Crippen molar-refractivity contribution < 1.29 is 163 Å². The number of aromatic amines is 1. The average molecular weight is 1590 g/mol. The van der Waals surface area contributed by atoms with Crippen molar-refractivity contribution in [3.05, 3.63) is 80.3 Å². The van der Waals surface area contributed by atoms with Gasteiger partial charge in [-0.1, -0.05) is 18.9 Å². The molecule has 7 unspecified atom stereocenters. The number of nitrogens with zero attached hydrogens (tertiary/aromatic N) is 3. The lowest BCUT2D eigenvalue weighted by Crippen LogP contribution is -2.46. The minimum Gasteiger partial charge on any atom is -0.464 e. The summed E-state index contributed by atoms with van der Waals surface area (Å²) in [7, 11) is -56.1. The molecule has 0 bridgehead atoms. The van der Waals surface area contributed by atoms with Crippen molar-refractivity contribution >= 4 is 111 Å². The highest BCUT2D eigenvalue weighted by molar-refractivity contribution is 7.86. The fourth-order valence-electron chi connectivity index (χ4n) is 8.26. The maximum absolute atomic E-state index is 13.0. The van der Waals surface area contributed by atoms with Gasteiger partial charge in [0.25, 0.3) is 46.0 Å². The third-order valence-electron chi connectivity index (χ3n) is 12.4. The highest BCUT2D eigenvalue weighted by Crippen LogP contribution is 2.75. The predicted octanol–water partition coefficient (Wildman–Crippen LogP) is 3.16. The lowest BCUT2D eigenvalue weighted by Gasteiger charge is -2.29. The number of unbranched alkanes of at least 4 members (excludes halogenated alkanes) is 5. The first kappa shape index (κ1) is 87.4. The van der Waals surface area contributed by atoms with Crippen LogP contribution in [0.5, 0.6) is 0 Å². The monoisotopic (exact) mass is 1590 g/mol. The fourth-order valence-corrected chi connectivity index (χ4v) is 18.3. The Kier molecular flexibility index (Phi) is 33.7. The third kappa shape index (κ3) is 35.6. The number of amides is 1. The Hall–Kier alpha value is -3.79. The summed E-state index contributed by atoms with van der Waals surface area (Å²) >= 11 is 0. The minimum atomic E-state index is -6.62. The standard InChI is InChI=1S/C44H73N5O38P6S4/c1-31-26-35(97(76,77)78)18-19-37(31)48(21-13-25-95(70,71)72)34(16-11-14-33(3)45-20-12-24-94(67,68)69)15-7-6-8-17-40(51)46-36(30-96(73,74)75)43(53)79-22-9-4-5-10-23-80-88(55,56)83-90(59,60)85-92(63,64)87-93(65,66)86-91(61,62)84-89(57,58)81-29-39-38(50)27-41(82-39)49-28-32(2)42(52)47-44(49)54/h11,14,16,18-19,26,28,36,38-39,41,50H,4-10,12-13,15,17,20-25,27,29-30H2,1-3H3,(H,46,51)(H,55,56)(H,57,58)(H,59,60)(H,61,62)(H,63,64)(H,65,66)(H,47,52,54)(H,67,68,69)(H,70,71,72)(H,73,74,75)(H,76,77,78)/b14-11+,34-16+,45-33?/t36?,38-,39-,41-/m1/s1. The van der Waals surface area contributed by atoms with Gasteiger partial charge in [0.05, 0.1) is 42.3 Å². The lowest BCUT2D eigenvalue weighted by molar-refractivity contribution is -0.147. The molecule has 1 saturated heterocycles. The van der Waals surface area contributed by atoms with Crippen molar-refractivity contribution in [2.75, 3.05) is 55.1 Å². The largest absolute Gasteiger partial charge is 0.490 e. The molecule has 1 aromatic carbocycles. The van der Waals surface area contributed by atoms with E-state index < -0.39 is 177 Å². The summed E-state index contributed by atoms with van der Waals surface area (Å²) in [5.41, 5.74) is -0.112. The molecule has 43 nitrogen and oxygen atoms in total. The van der Waals surface area contributed by atoms with Crippen LogP contribution in [0.3, 0.4) is 0 Å². The van der Waals surface area contributed by atoms with Crippen molar-refractivity contribution in [3.8, 4) is 0 Å². The van der Waals surface area contributed by atoms with Crippen LogP contribution in [0.1, 0.15) is 101 Å². The smallest absolute Gasteiger partial charge is 0.464 e. The number of hydrogen-bond acceptors (Lipinski definition) is 30. The summed E-state index contributed by atoms with van der Waals surface area (Å²) in [6, 6.07) is 1.70. The van der Waals surface area contributed by atoms with Gasteiger partial charge in [0.2, 0.25) is 5.91 Å². The molecule has 1 fully saturated rings. The molecule has 1 aliphatic heterocycles. The normalized spacial score (nSPS) is 20.2. The van der Waals surface area contributed by atoms with Crippen molar-refractivity contribution in [3.63, 3.8) is 0 Å². The first-order valence-corrected chi connectivity index (χ1v) is 43.0. The zero-order chi connectivity index (χ0) is 73.8. The number of H-pyrrole nitrogens is 1. The Morgan fingerprint density at radius 1 is 0.711 bits per heavy atom. The molecular weight excluding hydrogens is 1520 g/mol. The van der Waals surface area contributed by atoms with E-state index in [0.29, 0.717) is 22.7 Å². The number of benzene rings is 1. The van der Waals surface area contributed by atoms with E-state index in [1.807, 2.05) is 4.98 Å². The van der Waals surface area contributed by atoms with Gasteiger partial charge in [-0.15, -0.1) is 0 Å². The first-order chi connectivity index (χ1) is 44.3. The number of phosphoric ester groups is 2. The number of aryl methyl sites for hydroxylation is 2. The molecule has 2 heterocycles. The number of carbonyl (C=O) groups excluding carboxylic acids is 2. The van der Waals surface area contributed by atoms with E-state index in [2.05, 4.69) is 40.9 Å². The summed E-state index contributed by atoms with van der Waals surface area (Å²) in [6.07, 6.45) is 1.25. The topological polar surface area (TPSA) is 661 Å². The van der Waals surface area contributed by atoms with Crippen LogP contribution in [0.25, 0.3) is 0 Å². The second-order valence-electron chi connectivity index (χ2n) is 20.7. The Labute approximate surface area is 553 Å². The Bertz CT molecular complexity index is 4090. The van der Waals surface area contributed by atoms with Gasteiger partial charge >= 0.3 is 58.6 Å². The average Bonchev–Trinajstić information content (AvgIpc) is 1.80. The highest BCUT2D eigenvalue weighted by atomic mass is 32.2. The second kappa shape index (κ2) is 37.4. The van der Waals surface area contributed by atoms with Crippen LogP contribution >= 0.6 is 46.9 Å². The highest BCUT2D eigenvalue weighted by Gasteiger charge is 2.50. The van der Waals surface area contributed by atoms with E-state index in [9.17, 15) is 128 Å². The molecule has 3 rings (SSSR count). The summed E-state index contributed by atoms with van der Waals surface area (Å²) in [5.74, 6) is -4.70. The van der Waals surface area contributed by atoms with Crippen LogP contribution in [0.4, 0.5) is 5.69 Å². The minimum absolute atomic E-state index is 0.00991. The Morgan fingerprint density at radius 2 is 1.24 bits per heavy atom. The number of phosphoric acid groups is 6. The van der Waals surface area contributed by atoms with Crippen LogP contribution in [0.15, 0.2) is 67.8 Å². The number of hydrogen-bond donors (Lipinski definition) is 13. The predicted molar refractivity (Wildman–Crippen MR) is 333 cm³/mol. The molecule has 97 heavy (non-hydrogen) atoms. The van der Waals surface area contributed by atoms with Crippen LogP contribution in [0.2, 0.25) is 0 Å². The summed E-state index contributed by atoms with van der Waals surface area (Å²) in [5, 5.41) is 12.5. The SMILES string of the molecule is CC(/C=C/C=C(\CCCCCC(=O)NC(CS(=O)(=O)O)C(=O)OCCCCCCOP(=O)(O)OP(=O)(O)OP(=O)(O)OP(=O)(O)OP(=O)(O)OP(=O)(O)OC[C@H]1O[C@@H](n2cc(C)c(=O)[nH]c2=O)C[C@H]1O)N(CCCS(=O)(=O)O)c1ccc(S(=O)(=O)O)cc1C)=NCCCS(=O)(=O)O. The maximum Gasteiger partial charge on any atom is 0.490 e. The summed E-state index contributed by atoms with van der Waals surface area (Å²) in [6.45, 7) is 1.98. The molecule has 556 valence electrons. The molecule has 10 atom stereocenters. The van der Waals surface area contributed by atoms with Gasteiger partial charge in [0.15, 0.2) is 0 Å². The number of esters is 1. The van der Waals surface area contributed by atoms with Gasteiger partial charge in [0.1, 0.15) is 24.1 Å². The van der Waals surface area contributed by atoms with Crippen molar-refractivity contribution in [1.82, 2.24) is 14.9 Å². The van der Waals surface area contributed by atoms with Gasteiger partial charge in [-0.3, -0.25) is 51.4 Å². The zero-order valence-corrected chi connectivity index (χ0v) is 59.7. The molecule has 1 amide bonds. The number of carbonyl (C=O) groups is 2. The number of aliphatic imine (C=N–C) groups is 1. The number of nitrogens with one attached hydrogen (secondary N) is 2. The van der Waals surface area contributed by atoms with Crippen LogP contribution in [-0.4, -0.2) is 182 Å². The lowest BCUT2D eigenvalue weighted by atomic mass is 10.1. The number of allylic oxidation sites excluding steroid dienone is 4. The van der Waals surface area contributed by atoms with Crippen molar-refractivity contribution in [2.24, 2.45) is 4.99 Å². The molecule has 0 spiro atoms. The first-order valence-electron chi connectivity index (χ1n) is 27.8. The van der Waals surface area contributed by atoms with Crippen LogP contribution < -0.4 is 21.5 Å². The maximum atomic E-state index is 13.0. The molecule has 53 heteroatoms. The quantitative estimate of drug-likeness (QED) is 0.0113. The number of ether oxygens (including phenoxy) is 2. The van der Waals surface area contributed by atoms with Gasteiger partial charge in [-0.25, -0.2) is 37.0 Å². The van der Waals surface area contributed by atoms with Gasteiger partial charge in [-0.2, -0.15) is 55.2 Å². The van der Waals surface area contributed by atoms with E-state index in [1.165, 1.54) is 26.0 Å². The van der Waals surface area contributed by atoms with Gasteiger partial charge < -0.3 is 54.2 Å². The van der Waals surface area contributed by atoms with E-state index in [-0.39, 0.29) is 95.7 Å². The van der Waals surface area contributed by atoms with E-state index in [4.69, 9.17) is 14.0 Å². The Balaban J connectivity index is 1.50. The molecule has 0 aliphatic carbocycles. The molecule has 1 aromatic heterocycles. The summed E-state index contributed by atoms with van der Waals surface area (Å²) in [4.78, 5) is 116. The van der Waals surface area contributed by atoms with Gasteiger partial charge in [-0.05, 0) is 108 Å². The molecule has 1 aliphatic rings. The van der Waals surface area contributed by atoms with E-state index in [1.54, 1.807) is 30.1 Å². The number of anilines is 1. The van der Waals surface area contributed by atoms with Crippen LogP contribution in [-0.2, 0) is 118 Å². The molecule has 13 N–H and O–H groups in total.